The minimum atomic E-state index is -0.842. The molecule has 1 heterocycles. The van der Waals surface area contributed by atoms with E-state index in [0.29, 0.717) is 22.2 Å². The van der Waals surface area contributed by atoms with Gasteiger partial charge in [0.15, 0.2) is 11.6 Å². The molecule has 0 radical (unpaired) electrons. The summed E-state index contributed by atoms with van der Waals surface area (Å²) in [7, 11) is 0. The van der Waals surface area contributed by atoms with Crippen LogP contribution in [0.5, 0.6) is 5.75 Å². The van der Waals surface area contributed by atoms with Crippen LogP contribution in [0, 0.1) is 18.6 Å². The van der Waals surface area contributed by atoms with Gasteiger partial charge in [-0.05, 0) is 144 Å². The second-order valence-electron chi connectivity index (χ2n) is 24.6. The Balaban J connectivity index is 1.14. The molecule has 426 valence electrons. The molecule has 6 aromatic carbocycles. The van der Waals surface area contributed by atoms with Gasteiger partial charge in [-0.1, -0.05) is 254 Å². The minimum absolute atomic E-state index is 0.104. The maximum atomic E-state index is 17.9. The lowest BCUT2D eigenvalue weighted by Crippen LogP contribution is -2.26. The Labute approximate surface area is 485 Å². The fourth-order valence-corrected chi connectivity index (χ4v) is 14.8. The van der Waals surface area contributed by atoms with E-state index in [2.05, 4.69) is 133 Å². The van der Waals surface area contributed by atoms with E-state index in [-0.39, 0.29) is 28.1 Å². The number of aryl methyl sites for hydroxylation is 1. The molecule has 2 aliphatic rings. The molecule has 0 unspecified atom stereocenters. The van der Waals surface area contributed by atoms with Crippen LogP contribution in [-0.4, -0.2) is 14.9 Å². The average Bonchev–Trinajstić information content (AvgIpc) is 4.31. The second kappa shape index (κ2) is 28.2. The first kappa shape index (κ1) is 59.4. The van der Waals surface area contributed by atoms with Crippen LogP contribution in [0.15, 0.2) is 97.1 Å². The molecule has 6 heteroatoms. The maximum absolute atomic E-state index is 17.9. The van der Waals surface area contributed by atoms with Crippen LogP contribution in [0.1, 0.15) is 249 Å². The zero-order valence-corrected chi connectivity index (χ0v) is 50.9. The molecule has 0 atom stereocenters. The largest absolute Gasteiger partial charge is 0.491 e. The van der Waals surface area contributed by atoms with Gasteiger partial charge in [0.2, 0.25) is 0 Å². The van der Waals surface area contributed by atoms with Gasteiger partial charge >= 0.3 is 0 Å². The van der Waals surface area contributed by atoms with Gasteiger partial charge in [0.1, 0.15) is 16.8 Å². The molecular weight excluding hydrogens is 1000 g/mol. The lowest BCUT2D eigenvalue weighted by Gasteiger charge is -2.33. The van der Waals surface area contributed by atoms with Crippen LogP contribution < -0.4 is 4.74 Å². The fraction of sp³-hybridized carbons (Fsp3) is 0.514. The number of halogens is 2. The van der Waals surface area contributed by atoms with Crippen LogP contribution in [0.4, 0.5) is 8.78 Å². The number of benzene rings is 6. The van der Waals surface area contributed by atoms with E-state index in [1.54, 1.807) is 0 Å². The van der Waals surface area contributed by atoms with Gasteiger partial charge in [-0.25, -0.2) is 8.78 Å². The SMILES string of the molecule is CCCCCCCCC1(CCCCCCCC)c2cc(C)ccc2-c2ccc(-c3c(F)c(F)c(-c4ccc5c(c4)C(CCCCCCCC)(CCCCCCCC)c4cc(-c6ccc(OC(C)C)cc6)ccc4-5)c4nsnc34)cc21. The predicted octanol–water partition coefficient (Wildman–Crippen LogP) is 23.6. The smallest absolute Gasteiger partial charge is 0.169 e. The quantitative estimate of drug-likeness (QED) is 0.0385. The summed E-state index contributed by atoms with van der Waals surface area (Å²) in [5, 5.41) is 0. The van der Waals surface area contributed by atoms with E-state index in [9.17, 15) is 0 Å². The normalized spacial score (nSPS) is 13.8. The van der Waals surface area contributed by atoms with Crippen molar-refractivity contribution < 1.29 is 13.5 Å². The number of rotatable bonds is 33. The van der Waals surface area contributed by atoms with Crippen molar-refractivity contribution in [1.29, 1.82) is 0 Å². The number of nitrogens with zero attached hydrogens (tertiary/aromatic N) is 2. The Morgan fingerprint density at radius 3 is 1.11 bits per heavy atom. The highest BCUT2D eigenvalue weighted by Crippen LogP contribution is 2.58. The lowest BCUT2D eigenvalue weighted by atomic mass is 9.69. The van der Waals surface area contributed by atoms with Gasteiger partial charge in [0.05, 0.1) is 17.8 Å². The molecule has 0 spiro atoms. The van der Waals surface area contributed by atoms with Crippen molar-refractivity contribution in [1.82, 2.24) is 8.75 Å². The van der Waals surface area contributed by atoms with Crippen LogP contribution in [0.3, 0.4) is 0 Å². The summed E-state index contributed by atoms with van der Waals surface area (Å²) in [6.45, 7) is 15.5. The number of aromatic nitrogens is 2. The van der Waals surface area contributed by atoms with E-state index in [0.717, 1.165) is 74.4 Å². The summed E-state index contributed by atoms with van der Waals surface area (Å²) in [4.78, 5) is 0. The van der Waals surface area contributed by atoms with E-state index >= 15 is 8.78 Å². The summed E-state index contributed by atoms with van der Waals surface area (Å²) < 4.78 is 51.6. The first-order valence-electron chi connectivity index (χ1n) is 32.1. The topological polar surface area (TPSA) is 35.0 Å². The molecule has 0 fully saturated rings. The first-order valence-corrected chi connectivity index (χ1v) is 32.8. The lowest BCUT2D eigenvalue weighted by molar-refractivity contribution is 0.242. The Morgan fingerprint density at radius 1 is 0.400 bits per heavy atom. The fourth-order valence-electron chi connectivity index (χ4n) is 14.2. The number of hydrogen-bond acceptors (Lipinski definition) is 4. The highest BCUT2D eigenvalue weighted by Gasteiger charge is 2.45. The van der Waals surface area contributed by atoms with E-state index in [4.69, 9.17) is 13.5 Å². The summed E-state index contributed by atoms with van der Waals surface area (Å²) >= 11 is 1.06. The molecule has 80 heavy (non-hydrogen) atoms. The van der Waals surface area contributed by atoms with Crippen LogP contribution >= 0.6 is 11.7 Å². The van der Waals surface area contributed by atoms with Crippen molar-refractivity contribution in [2.75, 3.05) is 0 Å². The third-order valence-corrected chi connectivity index (χ3v) is 19.0. The van der Waals surface area contributed by atoms with Crippen molar-refractivity contribution in [3.05, 3.63) is 137 Å². The minimum Gasteiger partial charge on any atom is -0.491 e. The molecule has 0 saturated carbocycles. The summed E-state index contributed by atoms with van der Waals surface area (Å²) in [5.41, 5.74) is 16.1. The zero-order chi connectivity index (χ0) is 56.1. The van der Waals surface area contributed by atoms with Crippen LogP contribution in [0.2, 0.25) is 0 Å². The molecule has 0 bridgehead atoms. The Hall–Kier alpha value is -5.20. The highest BCUT2D eigenvalue weighted by molar-refractivity contribution is 7.00. The van der Waals surface area contributed by atoms with Crippen molar-refractivity contribution in [2.24, 2.45) is 0 Å². The van der Waals surface area contributed by atoms with Gasteiger partial charge in [-0.3, -0.25) is 0 Å². The highest BCUT2D eigenvalue weighted by atomic mass is 32.1. The summed E-state index contributed by atoms with van der Waals surface area (Å²) in [6, 6.07) is 35.5. The third-order valence-electron chi connectivity index (χ3n) is 18.4. The number of fused-ring (bicyclic) bond motifs is 7. The monoisotopic (exact) mass is 1100 g/mol. The van der Waals surface area contributed by atoms with Gasteiger partial charge in [0.25, 0.3) is 0 Å². The van der Waals surface area contributed by atoms with E-state index < -0.39 is 11.6 Å². The number of ether oxygens (including phenoxy) is 1. The van der Waals surface area contributed by atoms with Gasteiger partial charge in [-0.15, -0.1) is 0 Å². The van der Waals surface area contributed by atoms with Gasteiger partial charge < -0.3 is 4.74 Å². The molecule has 2 aliphatic carbocycles. The number of unbranched alkanes of at least 4 members (excludes halogenated alkanes) is 20. The van der Waals surface area contributed by atoms with Crippen molar-refractivity contribution in [3.63, 3.8) is 0 Å². The molecule has 0 amide bonds. The Bertz CT molecular complexity index is 3100. The zero-order valence-electron chi connectivity index (χ0n) is 50.1. The summed E-state index contributed by atoms with van der Waals surface area (Å²) in [5.74, 6) is -0.808. The number of hydrogen-bond donors (Lipinski definition) is 0. The van der Waals surface area contributed by atoms with E-state index in [1.807, 2.05) is 12.1 Å². The van der Waals surface area contributed by atoms with Gasteiger partial charge in [0, 0.05) is 22.0 Å². The maximum Gasteiger partial charge on any atom is 0.169 e. The molecule has 0 aliphatic heterocycles. The molecular formula is C74H94F2N2OS. The Morgan fingerprint density at radius 2 is 0.725 bits per heavy atom. The molecule has 3 nitrogen and oxygen atoms in total. The average molecular weight is 1100 g/mol. The van der Waals surface area contributed by atoms with Crippen LogP contribution in [0.25, 0.3) is 66.7 Å². The molecule has 0 saturated heterocycles. The van der Waals surface area contributed by atoms with E-state index in [1.165, 1.54) is 184 Å². The molecule has 7 aromatic rings. The third kappa shape index (κ3) is 12.9. The summed E-state index contributed by atoms with van der Waals surface area (Å²) in [6.07, 6.45) is 33.5. The van der Waals surface area contributed by atoms with Crippen molar-refractivity contribution in [3.8, 4) is 61.4 Å². The standard InChI is InChI=1S/C74H94F2N2OS/c1-8-12-16-20-24-28-44-73(45-29-25-21-17-13-9-2)63-48-53(7)32-40-59(63)61-42-36-56(50-65(61)73)67-69(75)70(76)68(72-71(67)77-80-78-72)57-37-43-62-60-41-35-55(54-33-38-58(39-34-54)79-52(5)6)49-64(60)74(66(62)51-57,46-30-26-22-18-14-10-3)47-31-27-23-19-15-11-4/h32-43,48-52H,8-31,44-47H2,1-7H3. The van der Waals surface area contributed by atoms with Gasteiger partial charge in [-0.2, -0.15) is 8.75 Å². The Kier molecular flexibility index (Phi) is 20.9. The second-order valence-corrected chi connectivity index (χ2v) is 25.1. The molecule has 1 aromatic heterocycles. The predicted molar refractivity (Wildman–Crippen MR) is 339 cm³/mol. The molecule has 9 rings (SSSR count). The van der Waals surface area contributed by atoms with Crippen LogP contribution in [-0.2, 0) is 10.8 Å². The first-order chi connectivity index (χ1) is 39.1. The van der Waals surface area contributed by atoms with Crippen molar-refractivity contribution >= 4 is 22.8 Å². The molecule has 0 N–H and O–H groups in total. The van der Waals surface area contributed by atoms with Crippen molar-refractivity contribution in [2.45, 2.75) is 245 Å².